The van der Waals surface area contributed by atoms with Gasteiger partial charge in [-0.05, 0) is 42.3 Å². The zero-order chi connectivity index (χ0) is 14.9. The first-order valence-electron chi connectivity index (χ1n) is 5.95. The molecule has 5 nitrogen and oxygen atoms in total. The normalized spacial score (nSPS) is 10.3. The van der Waals surface area contributed by atoms with E-state index >= 15 is 0 Å². The Morgan fingerprint density at radius 1 is 1.20 bits per heavy atom. The van der Waals surface area contributed by atoms with Gasteiger partial charge in [-0.25, -0.2) is 4.79 Å². The first-order valence-corrected chi connectivity index (χ1v) is 5.95. The number of aromatic carboxylic acids is 1. The number of aromatic hydroxyl groups is 1. The molecule has 5 heteroatoms. The van der Waals surface area contributed by atoms with Crippen molar-refractivity contribution in [2.75, 3.05) is 12.8 Å². The van der Waals surface area contributed by atoms with E-state index in [1.54, 1.807) is 12.1 Å². The van der Waals surface area contributed by atoms with Gasteiger partial charge in [0, 0.05) is 11.3 Å². The summed E-state index contributed by atoms with van der Waals surface area (Å²) < 4.78 is 5.02. The minimum atomic E-state index is -1.09. The number of rotatable bonds is 3. The lowest BCUT2D eigenvalue weighted by molar-refractivity contribution is 0.0696. The standard InChI is InChI=1S/C15H15NO4/c1-8-3-4-10(16)7-11(8)12-5-9(15(18)19)6-13(20-2)14(12)17/h3-7,17H,16H2,1-2H3,(H,18,19). The van der Waals surface area contributed by atoms with Crippen LogP contribution in [-0.4, -0.2) is 23.3 Å². The largest absolute Gasteiger partial charge is 0.504 e. The number of aryl methyl sites for hydroxylation is 1. The first kappa shape index (κ1) is 13.7. The molecule has 2 rings (SSSR count). The zero-order valence-electron chi connectivity index (χ0n) is 11.2. The smallest absolute Gasteiger partial charge is 0.335 e. The second kappa shape index (κ2) is 5.13. The maximum Gasteiger partial charge on any atom is 0.335 e. The highest BCUT2D eigenvalue weighted by Gasteiger charge is 2.17. The van der Waals surface area contributed by atoms with Crippen molar-refractivity contribution in [3.8, 4) is 22.6 Å². The Labute approximate surface area is 116 Å². The Bertz CT molecular complexity index is 680. The fourth-order valence-corrected chi connectivity index (χ4v) is 2.02. The van der Waals surface area contributed by atoms with Gasteiger partial charge in [0.05, 0.1) is 12.7 Å². The topological polar surface area (TPSA) is 92.8 Å². The molecule has 0 fully saturated rings. The van der Waals surface area contributed by atoms with Crippen LogP contribution in [-0.2, 0) is 0 Å². The summed E-state index contributed by atoms with van der Waals surface area (Å²) in [4.78, 5) is 11.2. The molecule has 2 aromatic rings. The van der Waals surface area contributed by atoms with Gasteiger partial charge in [0.15, 0.2) is 11.5 Å². The van der Waals surface area contributed by atoms with E-state index in [0.717, 1.165) is 5.56 Å². The fraction of sp³-hybridized carbons (Fsp3) is 0.133. The van der Waals surface area contributed by atoms with Gasteiger partial charge in [0.2, 0.25) is 0 Å². The van der Waals surface area contributed by atoms with Crippen LogP contribution in [0.1, 0.15) is 15.9 Å². The lowest BCUT2D eigenvalue weighted by atomic mass is 9.97. The molecule has 0 aliphatic heterocycles. The van der Waals surface area contributed by atoms with Crippen LogP contribution >= 0.6 is 0 Å². The Hall–Kier alpha value is -2.69. The summed E-state index contributed by atoms with van der Waals surface area (Å²) >= 11 is 0. The van der Waals surface area contributed by atoms with Crippen LogP contribution in [0.3, 0.4) is 0 Å². The lowest BCUT2D eigenvalue weighted by Crippen LogP contribution is -1.99. The second-order valence-electron chi connectivity index (χ2n) is 4.45. The van der Waals surface area contributed by atoms with E-state index in [9.17, 15) is 9.90 Å². The van der Waals surface area contributed by atoms with E-state index < -0.39 is 5.97 Å². The molecule has 2 aromatic carbocycles. The lowest BCUT2D eigenvalue weighted by Gasteiger charge is -2.13. The Balaban J connectivity index is 2.75. The molecule has 0 amide bonds. The number of phenols is 1. The van der Waals surface area contributed by atoms with Crippen LogP contribution in [0, 0.1) is 6.92 Å². The van der Waals surface area contributed by atoms with Crippen LogP contribution in [0.25, 0.3) is 11.1 Å². The Morgan fingerprint density at radius 2 is 1.90 bits per heavy atom. The minimum Gasteiger partial charge on any atom is -0.504 e. The number of carboxylic acids is 1. The predicted molar refractivity (Wildman–Crippen MR) is 76.2 cm³/mol. The summed E-state index contributed by atoms with van der Waals surface area (Å²) in [6.07, 6.45) is 0. The summed E-state index contributed by atoms with van der Waals surface area (Å²) in [5, 5.41) is 19.3. The molecule has 4 N–H and O–H groups in total. The summed E-state index contributed by atoms with van der Waals surface area (Å²) in [5.74, 6) is -1.08. The summed E-state index contributed by atoms with van der Waals surface area (Å²) in [7, 11) is 1.37. The number of phenolic OH excluding ortho intramolecular Hbond substituents is 1. The van der Waals surface area contributed by atoms with Crippen LogP contribution in [0.2, 0.25) is 0 Å². The van der Waals surface area contributed by atoms with E-state index in [-0.39, 0.29) is 17.1 Å². The van der Waals surface area contributed by atoms with Crippen molar-refractivity contribution in [3.63, 3.8) is 0 Å². The Morgan fingerprint density at radius 3 is 2.50 bits per heavy atom. The quantitative estimate of drug-likeness (QED) is 0.747. The van der Waals surface area contributed by atoms with Crippen molar-refractivity contribution in [2.24, 2.45) is 0 Å². The number of ether oxygens (including phenoxy) is 1. The third kappa shape index (κ3) is 2.38. The summed E-state index contributed by atoms with van der Waals surface area (Å²) in [5.41, 5.74) is 8.25. The molecular formula is C15H15NO4. The monoisotopic (exact) mass is 273 g/mol. The van der Waals surface area contributed by atoms with Crippen LogP contribution in [0.4, 0.5) is 5.69 Å². The molecule has 0 saturated carbocycles. The molecule has 0 heterocycles. The van der Waals surface area contributed by atoms with E-state index in [2.05, 4.69) is 0 Å². The molecule has 0 unspecified atom stereocenters. The van der Waals surface area contributed by atoms with Gasteiger partial charge in [0.1, 0.15) is 0 Å². The number of methoxy groups -OCH3 is 1. The van der Waals surface area contributed by atoms with Crippen molar-refractivity contribution in [1.29, 1.82) is 0 Å². The van der Waals surface area contributed by atoms with Gasteiger partial charge >= 0.3 is 5.97 Å². The molecule has 104 valence electrons. The predicted octanol–water partition coefficient (Wildman–Crippen LogP) is 2.66. The highest BCUT2D eigenvalue weighted by molar-refractivity contribution is 5.92. The molecular weight excluding hydrogens is 258 g/mol. The van der Waals surface area contributed by atoms with Crippen LogP contribution in [0.5, 0.6) is 11.5 Å². The maximum atomic E-state index is 11.2. The molecule has 0 saturated heterocycles. The number of benzene rings is 2. The molecule has 0 aliphatic carbocycles. The van der Waals surface area contributed by atoms with Gasteiger partial charge < -0.3 is 20.7 Å². The van der Waals surface area contributed by atoms with Gasteiger partial charge in [-0.2, -0.15) is 0 Å². The number of nitrogens with two attached hydrogens (primary N) is 1. The summed E-state index contributed by atoms with van der Waals surface area (Å²) in [6, 6.07) is 7.93. The molecule has 20 heavy (non-hydrogen) atoms. The van der Waals surface area contributed by atoms with Gasteiger partial charge in [0.25, 0.3) is 0 Å². The van der Waals surface area contributed by atoms with E-state index in [4.69, 9.17) is 15.6 Å². The number of hydrogen-bond donors (Lipinski definition) is 3. The number of nitrogen functional groups attached to an aromatic ring is 1. The van der Waals surface area contributed by atoms with Gasteiger partial charge in [-0.1, -0.05) is 6.07 Å². The van der Waals surface area contributed by atoms with E-state index in [1.807, 2.05) is 13.0 Å². The van der Waals surface area contributed by atoms with Gasteiger partial charge in [-0.3, -0.25) is 0 Å². The fourth-order valence-electron chi connectivity index (χ4n) is 2.02. The highest BCUT2D eigenvalue weighted by atomic mass is 16.5. The SMILES string of the molecule is COc1cc(C(=O)O)cc(-c2cc(N)ccc2C)c1O. The third-order valence-corrected chi connectivity index (χ3v) is 3.09. The molecule has 0 aliphatic rings. The second-order valence-corrected chi connectivity index (χ2v) is 4.45. The van der Waals surface area contributed by atoms with E-state index in [0.29, 0.717) is 16.8 Å². The van der Waals surface area contributed by atoms with E-state index in [1.165, 1.54) is 19.2 Å². The molecule has 0 aromatic heterocycles. The highest BCUT2D eigenvalue weighted by Crippen LogP contribution is 2.40. The number of anilines is 1. The Kier molecular flexibility index (Phi) is 3.52. The molecule has 0 bridgehead atoms. The molecule has 0 radical (unpaired) electrons. The number of hydrogen-bond acceptors (Lipinski definition) is 4. The first-order chi connectivity index (χ1) is 9.43. The summed E-state index contributed by atoms with van der Waals surface area (Å²) in [6.45, 7) is 1.86. The van der Waals surface area contributed by atoms with Crippen molar-refractivity contribution in [2.45, 2.75) is 6.92 Å². The van der Waals surface area contributed by atoms with Crippen LogP contribution < -0.4 is 10.5 Å². The molecule has 0 atom stereocenters. The minimum absolute atomic E-state index is 0.0384. The van der Waals surface area contributed by atoms with Crippen LogP contribution in [0.15, 0.2) is 30.3 Å². The third-order valence-electron chi connectivity index (χ3n) is 3.09. The maximum absolute atomic E-state index is 11.2. The zero-order valence-corrected chi connectivity index (χ0v) is 11.2. The molecule has 0 spiro atoms. The number of carboxylic acid groups (broad SMARTS) is 1. The average Bonchev–Trinajstić information content (AvgIpc) is 2.41. The van der Waals surface area contributed by atoms with Crippen molar-refractivity contribution in [1.82, 2.24) is 0 Å². The van der Waals surface area contributed by atoms with Crippen molar-refractivity contribution in [3.05, 3.63) is 41.5 Å². The average molecular weight is 273 g/mol. The van der Waals surface area contributed by atoms with Crippen molar-refractivity contribution >= 4 is 11.7 Å². The number of carbonyl (C=O) groups is 1. The van der Waals surface area contributed by atoms with Crippen molar-refractivity contribution < 1.29 is 19.7 Å². The van der Waals surface area contributed by atoms with Gasteiger partial charge in [-0.15, -0.1) is 0 Å².